The van der Waals surface area contributed by atoms with Crippen molar-refractivity contribution in [2.45, 2.75) is 31.5 Å². The lowest BCUT2D eigenvalue weighted by molar-refractivity contribution is -0.274. The van der Waals surface area contributed by atoms with Gasteiger partial charge in [0, 0.05) is 51.6 Å². The van der Waals surface area contributed by atoms with Crippen LogP contribution in [-0.2, 0) is 11.2 Å². The maximum Gasteiger partial charge on any atom is 0.573 e. The molecule has 204 valence electrons. The van der Waals surface area contributed by atoms with E-state index in [4.69, 9.17) is 9.26 Å². The molecular formula is C27H20F3N5O5. The quantitative estimate of drug-likeness (QED) is 0.259. The van der Waals surface area contributed by atoms with Crippen LogP contribution in [0.25, 0.3) is 44.9 Å². The summed E-state index contributed by atoms with van der Waals surface area (Å²) in [5.74, 6) is -1.17. The van der Waals surface area contributed by atoms with Gasteiger partial charge in [0.05, 0.1) is 13.5 Å². The number of fused-ring (bicyclic) bond motifs is 3. The Morgan fingerprint density at radius 1 is 1.10 bits per heavy atom. The minimum atomic E-state index is -4.91. The monoisotopic (exact) mass is 551 g/mol. The van der Waals surface area contributed by atoms with Gasteiger partial charge in [0.1, 0.15) is 5.75 Å². The van der Waals surface area contributed by atoms with Gasteiger partial charge in [-0.1, -0.05) is 5.16 Å². The lowest BCUT2D eigenvalue weighted by Gasteiger charge is -2.11. The number of H-pyrrole nitrogens is 1. The summed E-state index contributed by atoms with van der Waals surface area (Å²) in [6.07, 6.45) is -0.541. The van der Waals surface area contributed by atoms with Gasteiger partial charge in [0.2, 0.25) is 5.82 Å². The number of carboxylic acids is 1. The van der Waals surface area contributed by atoms with Crippen molar-refractivity contribution in [1.82, 2.24) is 25.1 Å². The summed E-state index contributed by atoms with van der Waals surface area (Å²) in [6, 6.07) is 9.58. The predicted octanol–water partition coefficient (Wildman–Crippen LogP) is 5.75. The molecule has 2 aromatic carbocycles. The molecule has 3 heterocycles. The lowest BCUT2D eigenvalue weighted by Crippen LogP contribution is -2.17. The van der Waals surface area contributed by atoms with Crippen LogP contribution in [0.3, 0.4) is 0 Å². The molecule has 0 radical (unpaired) electrons. The molecule has 10 nitrogen and oxygen atoms in total. The first-order valence-corrected chi connectivity index (χ1v) is 12.1. The Balaban J connectivity index is 1.36. The van der Waals surface area contributed by atoms with Gasteiger partial charge in [-0.05, 0) is 60.4 Å². The molecule has 6 rings (SSSR count). The summed E-state index contributed by atoms with van der Waals surface area (Å²) in [5, 5.41) is 14.2. The van der Waals surface area contributed by atoms with Crippen LogP contribution >= 0.6 is 0 Å². The van der Waals surface area contributed by atoms with Crippen molar-refractivity contribution in [2.24, 2.45) is 0 Å². The van der Waals surface area contributed by atoms with Gasteiger partial charge >= 0.3 is 18.3 Å². The lowest BCUT2D eigenvalue weighted by atomic mass is 10.0. The van der Waals surface area contributed by atoms with E-state index >= 15 is 0 Å². The maximum atomic E-state index is 13.1. The first-order valence-electron chi connectivity index (χ1n) is 12.1. The number of benzene rings is 2. The SMILES string of the molecule is COc1ncc(-c2cc(OC(F)(F)F)cc(-c3nc(-c4ccc5[nH]c6c(c5c4)CCC6CC(=O)O)no3)c2)cn1. The molecule has 13 heteroatoms. The Morgan fingerprint density at radius 2 is 1.88 bits per heavy atom. The molecular weight excluding hydrogens is 531 g/mol. The van der Waals surface area contributed by atoms with E-state index in [-0.39, 0.29) is 35.6 Å². The van der Waals surface area contributed by atoms with Gasteiger partial charge in [-0.15, -0.1) is 13.2 Å². The molecule has 2 N–H and O–H groups in total. The molecule has 1 aliphatic rings. The second-order valence-electron chi connectivity index (χ2n) is 9.29. The Bertz CT molecular complexity index is 1730. The third-order valence-electron chi connectivity index (χ3n) is 6.73. The molecule has 40 heavy (non-hydrogen) atoms. The average Bonchev–Trinajstić information content (AvgIpc) is 3.64. The van der Waals surface area contributed by atoms with E-state index in [0.29, 0.717) is 16.7 Å². The first-order chi connectivity index (χ1) is 19.2. The highest BCUT2D eigenvalue weighted by molar-refractivity contribution is 5.89. The smallest absolute Gasteiger partial charge is 0.481 e. The van der Waals surface area contributed by atoms with Crippen LogP contribution in [0.1, 0.15) is 30.0 Å². The number of nitrogens with one attached hydrogen (secondary N) is 1. The number of carbonyl (C=O) groups is 1. The topological polar surface area (TPSA) is 136 Å². The van der Waals surface area contributed by atoms with Crippen molar-refractivity contribution in [2.75, 3.05) is 7.11 Å². The van der Waals surface area contributed by atoms with Gasteiger partial charge < -0.3 is 24.1 Å². The Kier molecular flexibility index (Phi) is 6.12. The minimum absolute atomic E-state index is 0.0146. The van der Waals surface area contributed by atoms with Crippen molar-refractivity contribution < 1.29 is 37.1 Å². The number of alkyl halides is 3. The van der Waals surface area contributed by atoms with E-state index in [1.54, 1.807) is 12.1 Å². The molecule has 0 spiro atoms. The van der Waals surface area contributed by atoms with Crippen molar-refractivity contribution in [1.29, 1.82) is 0 Å². The van der Waals surface area contributed by atoms with E-state index < -0.39 is 18.1 Å². The third kappa shape index (κ3) is 4.93. The molecule has 5 aromatic rings. The number of hydrogen-bond acceptors (Lipinski definition) is 8. The zero-order chi connectivity index (χ0) is 28.0. The average molecular weight is 551 g/mol. The number of nitrogens with zero attached hydrogens (tertiary/aromatic N) is 4. The number of aliphatic carboxylic acids is 1. The predicted molar refractivity (Wildman–Crippen MR) is 135 cm³/mol. The van der Waals surface area contributed by atoms with Crippen molar-refractivity contribution in [3.63, 3.8) is 0 Å². The van der Waals surface area contributed by atoms with Gasteiger partial charge in [0.15, 0.2) is 0 Å². The molecule has 3 aromatic heterocycles. The number of aryl methyl sites for hydroxylation is 1. The highest BCUT2D eigenvalue weighted by atomic mass is 19.4. The standard InChI is InChI=1S/C27H20F3N5O5/c1-38-26-31-11-17(12-32-26)15-6-16(8-18(7-15)39-27(28,29)30)25-34-24(35-40-25)14-3-5-21-20(9-14)19-4-2-13(10-22(36)37)23(19)33-21/h3,5-9,11-13,33H,2,4,10H2,1H3,(H,36,37). The van der Waals surface area contributed by atoms with Gasteiger partial charge in [-0.2, -0.15) is 4.98 Å². The molecule has 1 atom stereocenters. The Labute approximate surface area is 223 Å². The summed E-state index contributed by atoms with van der Waals surface area (Å²) in [7, 11) is 1.40. The van der Waals surface area contributed by atoms with Gasteiger partial charge in [0.25, 0.3) is 5.89 Å². The molecule has 1 aliphatic carbocycles. The van der Waals surface area contributed by atoms with Crippen molar-refractivity contribution in [3.05, 3.63) is 60.0 Å². The Morgan fingerprint density at radius 3 is 2.60 bits per heavy atom. The maximum absolute atomic E-state index is 13.1. The fourth-order valence-electron chi connectivity index (χ4n) is 5.01. The molecule has 0 aliphatic heterocycles. The van der Waals surface area contributed by atoms with Crippen LogP contribution in [0.2, 0.25) is 0 Å². The van der Waals surface area contributed by atoms with E-state index in [1.165, 1.54) is 25.6 Å². The number of rotatable bonds is 7. The molecule has 0 saturated heterocycles. The molecule has 1 unspecified atom stereocenters. The van der Waals surface area contributed by atoms with Crippen LogP contribution < -0.4 is 9.47 Å². The van der Waals surface area contributed by atoms with E-state index in [0.717, 1.165) is 41.1 Å². The number of halogens is 3. The van der Waals surface area contributed by atoms with Gasteiger partial charge in [-0.3, -0.25) is 4.79 Å². The molecule has 0 saturated carbocycles. The van der Waals surface area contributed by atoms with E-state index in [2.05, 4.69) is 29.8 Å². The normalized spacial score (nSPS) is 14.8. The fourth-order valence-corrected chi connectivity index (χ4v) is 5.01. The third-order valence-corrected chi connectivity index (χ3v) is 6.73. The first kappa shape index (κ1) is 25.3. The van der Waals surface area contributed by atoms with Crippen molar-refractivity contribution >= 4 is 16.9 Å². The highest BCUT2D eigenvalue weighted by Crippen LogP contribution is 2.40. The zero-order valence-electron chi connectivity index (χ0n) is 20.8. The number of aromatic nitrogens is 5. The minimum Gasteiger partial charge on any atom is -0.481 e. The molecule has 0 amide bonds. The summed E-state index contributed by atoms with van der Waals surface area (Å²) in [6.45, 7) is 0. The second kappa shape index (κ2) is 9.67. The summed E-state index contributed by atoms with van der Waals surface area (Å²) in [5.41, 5.74) is 4.46. The summed E-state index contributed by atoms with van der Waals surface area (Å²) < 4.78 is 53.8. The number of carboxylic acid groups (broad SMARTS) is 1. The molecule has 0 bridgehead atoms. The number of ether oxygens (including phenoxy) is 2. The van der Waals surface area contributed by atoms with E-state index in [1.807, 2.05) is 12.1 Å². The van der Waals surface area contributed by atoms with Gasteiger partial charge in [-0.25, -0.2) is 9.97 Å². The fraction of sp³-hybridized carbons (Fsp3) is 0.222. The number of methoxy groups -OCH3 is 1. The summed E-state index contributed by atoms with van der Waals surface area (Å²) in [4.78, 5) is 27.0. The van der Waals surface area contributed by atoms with Crippen LogP contribution in [0.5, 0.6) is 11.8 Å². The highest BCUT2D eigenvalue weighted by Gasteiger charge is 2.32. The largest absolute Gasteiger partial charge is 0.573 e. The summed E-state index contributed by atoms with van der Waals surface area (Å²) >= 11 is 0. The van der Waals surface area contributed by atoms with Crippen LogP contribution in [0.4, 0.5) is 13.2 Å². The molecule has 0 fully saturated rings. The Hall–Kier alpha value is -4.94. The van der Waals surface area contributed by atoms with Crippen LogP contribution in [0.15, 0.2) is 53.3 Å². The van der Waals surface area contributed by atoms with Crippen molar-refractivity contribution in [3.8, 4) is 45.7 Å². The second-order valence-corrected chi connectivity index (χ2v) is 9.29. The van der Waals surface area contributed by atoms with Crippen LogP contribution in [0, 0.1) is 0 Å². The van der Waals surface area contributed by atoms with Crippen LogP contribution in [-0.4, -0.2) is 49.6 Å². The number of hydrogen-bond donors (Lipinski definition) is 2. The number of aromatic amines is 1. The zero-order valence-corrected chi connectivity index (χ0v) is 20.8. The van der Waals surface area contributed by atoms with E-state index in [9.17, 15) is 23.1 Å².